The van der Waals surface area contributed by atoms with Gasteiger partial charge in [-0.3, -0.25) is 4.79 Å². The lowest BCUT2D eigenvalue weighted by Crippen LogP contribution is -2.30. The number of amides is 1. The van der Waals surface area contributed by atoms with Gasteiger partial charge in [0.1, 0.15) is 10.7 Å². The van der Waals surface area contributed by atoms with Gasteiger partial charge in [0, 0.05) is 23.7 Å². The topological polar surface area (TPSA) is 46.3 Å². The SMILES string of the molecule is CN(CCC(F)(F)F)C(=O)c1sc2ccc(F)cc2c1N. The molecule has 0 atom stereocenters. The molecule has 2 aromatic rings. The molecule has 1 aromatic carbocycles. The van der Waals surface area contributed by atoms with Crippen LogP contribution in [-0.4, -0.2) is 30.6 Å². The summed E-state index contributed by atoms with van der Waals surface area (Å²) in [6.45, 7) is -0.454. The fourth-order valence-corrected chi connectivity index (χ4v) is 2.92. The van der Waals surface area contributed by atoms with Crippen LogP contribution in [0.1, 0.15) is 16.1 Å². The number of thiophene rings is 1. The molecule has 0 spiro atoms. The van der Waals surface area contributed by atoms with Crippen LogP contribution in [0.5, 0.6) is 0 Å². The monoisotopic (exact) mass is 320 g/mol. The van der Waals surface area contributed by atoms with E-state index in [1.807, 2.05) is 0 Å². The van der Waals surface area contributed by atoms with Crippen LogP contribution in [0.25, 0.3) is 10.1 Å². The van der Waals surface area contributed by atoms with Crippen LogP contribution in [0.4, 0.5) is 23.2 Å². The third-order valence-electron chi connectivity index (χ3n) is 2.96. The number of benzene rings is 1. The second kappa shape index (κ2) is 5.51. The second-order valence-electron chi connectivity index (χ2n) is 4.58. The Kier molecular flexibility index (Phi) is 4.08. The van der Waals surface area contributed by atoms with E-state index in [0.717, 1.165) is 16.2 Å². The van der Waals surface area contributed by atoms with Gasteiger partial charge in [-0.25, -0.2) is 4.39 Å². The van der Waals surface area contributed by atoms with E-state index in [-0.39, 0.29) is 10.6 Å². The number of halogens is 4. The summed E-state index contributed by atoms with van der Waals surface area (Å²) in [7, 11) is 1.28. The van der Waals surface area contributed by atoms with E-state index in [2.05, 4.69) is 0 Å². The number of carbonyl (C=O) groups excluding carboxylic acids is 1. The molecule has 0 radical (unpaired) electrons. The summed E-state index contributed by atoms with van der Waals surface area (Å²) in [6.07, 6.45) is -5.42. The van der Waals surface area contributed by atoms with Crippen molar-refractivity contribution in [3.8, 4) is 0 Å². The number of anilines is 1. The van der Waals surface area contributed by atoms with Gasteiger partial charge < -0.3 is 10.6 Å². The highest BCUT2D eigenvalue weighted by Gasteiger charge is 2.29. The van der Waals surface area contributed by atoms with E-state index >= 15 is 0 Å². The van der Waals surface area contributed by atoms with Crippen molar-refractivity contribution < 1.29 is 22.4 Å². The van der Waals surface area contributed by atoms with E-state index in [4.69, 9.17) is 5.73 Å². The molecule has 0 bridgehead atoms. The first-order chi connectivity index (χ1) is 9.69. The molecule has 1 aromatic heterocycles. The van der Waals surface area contributed by atoms with E-state index in [0.29, 0.717) is 10.1 Å². The standard InChI is InChI=1S/C13H12F4N2OS/c1-19(5-4-13(15,16)17)12(20)11-10(18)8-6-7(14)2-3-9(8)21-11/h2-3,6H,4-5,18H2,1H3. The molecule has 0 saturated carbocycles. The zero-order chi connectivity index (χ0) is 15.8. The number of nitrogens with two attached hydrogens (primary N) is 1. The van der Waals surface area contributed by atoms with Crippen molar-refractivity contribution in [2.75, 3.05) is 19.3 Å². The molecule has 2 N–H and O–H groups in total. The van der Waals surface area contributed by atoms with Crippen LogP contribution in [0.15, 0.2) is 18.2 Å². The first-order valence-electron chi connectivity index (χ1n) is 5.99. The summed E-state index contributed by atoms with van der Waals surface area (Å²) in [6, 6.07) is 3.92. The molecule has 21 heavy (non-hydrogen) atoms. The number of alkyl halides is 3. The summed E-state index contributed by atoms with van der Waals surface area (Å²) >= 11 is 1.04. The molecule has 1 amide bonds. The number of carbonyl (C=O) groups is 1. The van der Waals surface area contributed by atoms with Gasteiger partial charge in [0.15, 0.2) is 0 Å². The molecule has 114 valence electrons. The van der Waals surface area contributed by atoms with Crippen LogP contribution >= 0.6 is 11.3 Å². The fourth-order valence-electron chi connectivity index (χ4n) is 1.82. The molecular formula is C13H12F4N2OS. The van der Waals surface area contributed by atoms with Gasteiger partial charge in [0.2, 0.25) is 0 Å². The second-order valence-corrected chi connectivity index (χ2v) is 5.63. The average Bonchev–Trinajstić information content (AvgIpc) is 2.71. The Morgan fingerprint density at radius 3 is 2.67 bits per heavy atom. The molecule has 8 heteroatoms. The summed E-state index contributed by atoms with van der Waals surface area (Å²) in [4.78, 5) is 13.2. The molecule has 0 saturated heterocycles. The van der Waals surface area contributed by atoms with Crippen molar-refractivity contribution >= 4 is 33.0 Å². The van der Waals surface area contributed by atoms with Gasteiger partial charge in [0.25, 0.3) is 5.91 Å². The normalized spacial score (nSPS) is 11.9. The van der Waals surface area contributed by atoms with Crippen molar-refractivity contribution in [2.45, 2.75) is 12.6 Å². The molecule has 0 aliphatic rings. The minimum Gasteiger partial charge on any atom is -0.397 e. The van der Waals surface area contributed by atoms with Crippen LogP contribution in [0.3, 0.4) is 0 Å². The Hall–Kier alpha value is -1.83. The maximum Gasteiger partial charge on any atom is 0.390 e. The van der Waals surface area contributed by atoms with Gasteiger partial charge >= 0.3 is 6.18 Å². The summed E-state index contributed by atoms with van der Waals surface area (Å²) in [5.74, 6) is -1.09. The number of nitrogens with zero attached hydrogens (tertiary/aromatic N) is 1. The summed E-state index contributed by atoms with van der Waals surface area (Å²) in [5, 5.41) is 0.396. The molecule has 3 nitrogen and oxygen atoms in total. The van der Waals surface area contributed by atoms with E-state index in [9.17, 15) is 22.4 Å². The molecule has 0 aliphatic heterocycles. The molecule has 0 fully saturated rings. The highest BCUT2D eigenvalue weighted by molar-refractivity contribution is 7.21. The summed E-state index contributed by atoms with van der Waals surface area (Å²) < 4.78 is 50.3. The summed E-state index contributed by atoms with van der Waals surface area (Å²) in [5.41, 5.74) is 5.90. The molecule has 0 aliphatic carbocycles. The molecule has 0 unspecified atom stereocenters. The minimum absolute atomic E-state index is 0.0957. The van der Waals surface area contributed by atoms with E-state index in [1.54, 1.807) is 0 Å². The van der Waals surface area contributed by atoms with Gasteiger partial charge in [-0.05, 0) is 18.2 Å². The maximum absolute atomic E-state index is 13.2. The van der Waals surface area contributed by atoms with E-state index < -0.39 is 30.9 Å². The zero-order valence-electron chi connectivity index (χ0n) is 11.0. The van der Waals surface area contributed by atoms with Crippen molar-refractivity contribution in [1.82, 2.24) is 4.90 Å². The van der Waals surface area contributed by atoms with Gasteiger partial charge in [-0.15, -0.1) is 11.3 Å². The number of nitrogen functional groups attached to an aromatic ring is 1. The third-order valence-corrected chi connectivity index (χ3v) is 4.13. The Labute approximate surface area is 122 Å². The minimum atomic E-state index is -4.33. The van der Waals surface area contributed by atoms with Crippen LogP contribution in [0, 0.1) is 5.82 Å². The number of rotatable bonds is 3. The Balaban J connectivity index is 2.25. The predicted molar refractivity (Wildman–Crippen MR) is 73.8 cm³/mol. The first-order valence-corrected chi connectivity index (χ1v) is 6.80. The number of hydrogen-bond donors (Lipinski definition) is 1. The molecular weight excluding hydrogens is 308 g/mol. The van der Waals surface area contributed by atoms with Gasteiger partial charge in [-0.2, -0.15) is 13.2 Å². The lowest BCUT2D eigenvalue weighted by atomic mass is 10.2. The highest BCUT2D eigenvalue weighted by atomic mass is 32.1. The third kappa shape index (κ3) is 3.44. The van der Waals surface area contributed by atoms with Crippen molar-refractivity contribution in [1.29, 1.82) is 0 Å². The highest BCUT2D eigenvalue weighted by Crippen LogP contribution is 2.34. The van der Waals surface area contributed by atoms with Gasteiger partial charge in [0.05, 0.1) is 12.1 Å². The zero-order valence-corrected chi connectivity index (χ0v) is 11.8. The van der Waals surface area contributed by atoms with Crippen LogP contribution < -0.4 is 5.73 Å². The first kappa shape index (κ1) is 15.6. The largest absolute Gasteiger partial charge is 0.397 e. The lowest BCUT2D eigenvalue weighted by molar-refractivity contribution is -0.136. The van der Waals surface area contributed by atoms with E-state index in [1.165, 1.54) is 25.2 Å². The predicted octanol–water partition coefficient (Wildman–Crippen LogP) is 3.65. The van der Waals surface area contributed by atoms with Crippen molar-refractivity contribution in [2.24, 2.45) is 0 Å². The number of fused-ring (bicyclic) bond motifs is 1. The Morgan fingerprint density at radius 2 is 2.05 bits per heavy atom. The average molecular weight is 320 g/mol. The molecule has 1 heterocycles. The smallest absolute Gasteiger partial charge is 0.390 e. The maximum atomic E-state index is 13.2. The van der Waals surface area contributed by atoms with Crippen LogP contribution in [0.2, 0.25) is 0 Å². The quantitative estimate of drug-likeness (QED) is 0.878. The number of hydrogen-bond acceptors (Lipinski definition) is 3. The lowest BCUT2D eigenvalue weighted by Gasteiger charge is -2.17. The van der Waals surface area contributed by atoms with Crippen molar-refractivity contribution in [3.05, 3.63) is 28.9 Å². The Bertz CT molecular complexity index is 681. The fraction of sp³-hybridized carbons (Fsp3) is 0.308. The molecule has 2 rings (SSSR count). The Morgan fingerprint density at radius 1 is 1.38 bits per heavy atom. The van der Waals surface area contributed by atoms with Crippen LogP contribution in [-0.2, 0) is 0 Å². The van der Waals surface area contributed by atoms with Gasteiger partial charge in [-0.1, -0.05) is 0 Å². The van der Waals surface area contributed by atoms with Crippen molar-refractivity contribution in [3.63, 3.8) is 0 Å².